The smallest absolute Gasteiger partial charge is 0 e. The largest absolute Gasteiger partial charge is 0.412 e. The molecule has 0 amide bonds. The van der Waals surface area contributed by atoms with Crippen LogP contribution in [0.15, 0.2) is 24.3 Å². The summed E-state index contributed by atoms with van der Waals surface area (Å²) in [6.07, 6.45) is 16.0. The number of aryl methyl sites for hydroxylation is 1. The molecule has 2 fully saturated rings. The molecule has 0 unspecified atom stereocenters. The third-order valence-corrected chi connectivity index (χ3v) is 5.30. The molecule has 1 aromatic carbocycles. The lowest BCUT2D eigenvalue weighted by Gasteiger charge is -2.21. The molecule has 3 rings (SSSR count). The Kier molecular flexibility index (Phi) is 17.5. The van der Waals surface area contributed by atoms with Gasteiger partial charge in [-0.3, -0.25) is 0 Å². The fraction of sp³-hybridized carbons (Fsp3) is 0.739. The summed E-state index contributed by atoms with van der Waals surface area (Å²) in [5.74, 6) is 1.88. The van der Waals surface area contributed by atoms with Gasteiger partial charge in [0.15, 0.2) is 0 Å². The minimum Gasteiger partial charge on any atom is -0.412 e. The molecule has 2 aliphatic carbocycles. The van der Waals surface area contributed by atoms with Gasteiger partial charge in [0.2, 0.25) is 0 Å². The minimum absolute atomic E-state index is 0. The molecule has 0 saturated heterocycles. The van der Waals surface area contributed by atoms with Crippen molar-refractivity contribution in [2.75, 3.05) is 0 Å². The summed E-state index contributed by atoms with van der Waals surface area (Å²) in [5.41, 5.74) is 2.94. The van der Waals surface area contributed by atoms with Crippen molar-refractivity contribution in [1.82, 2.24) is 0 Å². The quantitative estimate of drug-likeness (QED) is 0.517. The SMILES string of the molecule is CC.CC1CCCCCC1.Cc1ccc(C2CCCCC2)cc1.O.O.[H]. The lowest BCUT2D eigenvalue weighted by atomic mass is 9.84. The monoisotopic (exact) mass is 353 g/mol. The zero-order valence-electron chi connectivity index (χ0n) is 18.2. The summed E-state index contributed by atoms with van der Waals surface area (Å²) in [5, 5.41) is 0. The predicted octanol–water partition coefficient (Wildman–Crippen LogP) is 6.51. The molecule has 0 spiro atoms. The Morgan fingerprint density at radius 3 is 1.56 bits per heavy atom. The molecule has 2 heteroatoms. The van der Waals surface area contributed by atoms with Crippen molar-refractivity contribution in [3.63, 3.8) is 0 Å². The Morgan fingerprint density at radius 2 is 1.08 bits per heavy atom. The van der Waals surface area contributed by atoms with Crippen molar-refractivity contribution in [2.24, 2.45) is 5.92 Å². The molecule has 1 radical (unpaired) electrons. The molecule has 149 valence electrons. The van der Waals surface area contributed by atoms with Gasteiger partial charge in [0.25, 0.3) is 0 Å². The number of hydrogen-bond donors (Lipinski definition) is 0. The first-order valence-electron chi connectivity index (χ1n) is 10.3. The summed E-state index contributed by atoms with van der Waals surface area (Å²) in [6, 6.07) is 9.10. The van der Waals surface area contributed by atoms with Crippen molar-refractivity contribution < 1.29 is 12.4 Å². The van der Waals surface area contributed by atoms with Crippen molar-refractivity contribution in [2.45, 2.75) is 104 Å². The molecule has 4 N–H and O–H groups in total. The highest BCUT2D eigenvalue weighted by Gasteiger charge is 2.14. The van der Waals surface area contributed by atoms with Crippen LogP contribution in [0, 0.1) is 12.8 Å². The van der Waals surface area contributed by atoms with Crippen LogP contribution in [0.3, 0.4) is 0 Å². The summed E-state index contributed by atoms with van der Waals surface area (Å²) in [4.78, 5) is 0. The third kappa shape index (κ3) is 11.4. The molecule has 2 nitrogen and oxygen atoms in total. The molecule has 0 bridgehead atoms. The van der Waals surface area contributed by atoms with Crippen LogP contribution >= 0.6 is 0 Å². The summed E-state index contributed by atoms with van der Waals surface area (Å²) in [7, 11) is 0. The fourth-order valence-electron chi connectivity index (χ4n) is 3.76. The highest BCUT2D eigenvalue weighted by molar-refractivity contribution is 5.24. The van der Waals surface area contributed by atoms with Gasteiger partial charge >= 0.3 is 0 Å². The van der Waals surface area contributed by atoms with Gasteiger partial charge in [-0.1, -0.05) is 108 Å². The van der Waals surface area contributed by atoms with E-state index < -0.39 is 0 Å². The predicted molar refractivity (Wildman–Crippen MR) is 114 cm³/mol. The van der Waals surface area contributed by atoms with Crippen LogP contribution in [-0.2, 0) is 0 Å². The van der Waals surface area contributed by atoms with Gasteiger partial charge in [-0.15, -0.1) is 0 Å². The van der Waals surface area contributed by atoms with Crippen LogP contribution in [0.2, 0.25) is 0 Å². The zero-order valence-corrected chi connectivity index (χ0v) is 17.2. The van der Waals surface area contributed by atoms with E-state index in [1.807, 2.05) is 13.8 Å². The van der Waals surface area contributed by atoms with E-state index in [-0.39, 0.29) is 12.4 Å². The van der Waals surface area contributed by atoms with E-state index >= 15 is 0 Å². The van der Waals surface area contributed by atoms with Crippen LogP contribution in [0.1, 0.15) is 110 Å². The second-order valence-electron chi connectivity index (χ2n) is 7.34. The van der Waals surface area contributed by atoms with Gasteiger partial charge in [-0.05, 0) is 37.2 Å². The van der Waals surface area contributed by atoms with Crippen LogP contribution < -0.4 is 0 Å². The van der Waals surface area contributed by atoms with Crippen LogP contribution in [0.5, 0.6) is 0 Å². The first-order chi connectivity index (χ1) is 11.3. The first kappa shape index (κ1) is 26.4. The molecule has 0 aromatic heterocycles. The molecular weight excluding hydrogens is 308 g/mol. The number of hydrogen-bond acceptors (Lipinski definition) is 0. The van der Waals surface area contributed by atoms with E-state index in [1.165, 1.54) is 76.2 Å². The molecule has 2 aliphatic rings. The molecule has 0 heterocycles. The normalized spacial score (nSPS) is 18.1. The molecule has 2 saturated carbocycles. The van der Waals surface area contributed by atoms with Gasteiger partial charge in [-0.2, -0.15) is 0 Å². The van der Waals surface area contributed by atoms with Gasteiger partial charge < -0.3 is 11.0 Å². The first-order valence-corrected chi connectivity index (χ1v) is 10.3. The van der Waals surface area contributed by atoms with Crippen molar-refractivity contribution in [1.29, 1.82) is 0 Å². The maximum atomic E-state index is 2.38. The summed E-state index contributed by atoms with van der Waals surface area (Å²) < 4.78 is 0. The van der Waals surface area contributed by atoms with Crippen molar-refractivity contribution >= 4 is 0 Å². The second-order valence-corrected chi connectivity index (χ2v) is 7.34. The van der Waals surface area contributed by atoms with Crippen molar-refractivity contribution in [3.05, 3.63) is 35.4 Å². The maximum absolute atomic E-state index is 2.38. The topological polar surface area (TPSA) is 63.0 Å². The van der Waals surface area contributed by atoms with E-state index in [1.54, 1.807) is 5.56 Å². The molecule has 0 atom stereocenters. The van der Waals surface area contributed by atoms with Crippen LogP contribution in [0.25, 0.3) is 0 Å². The zero-order chi connectivity index (χ0) is 16.9. The van der Waals surface area contributed by atoms with Crippen LogP contribution in [0.4, 0.5) is 0 Å². The van der Waals surface area contributed by atoms with E-state index in [9.17, 15) is 0 Å². The van der Waals surface area contributed by atoms with Crippen LogP contribution in [-0.4, -0.2) is 11.0 Å². The van der Waals surface area contributed by atoms with E-state index in [2.05, 4.69) is 38.1 Å². The lowest BCUT2D eigenvalue weighted by molar-refractivity contribution is 0.443. The Balaban J connectivity index is -0.000000359. The number of rotatable bonds is 1. The fourth-order valence-corrected chi connectivity index (χ4v) is 3.76. The van der Waals surface area contributed by atoms with E-state index in [4.69, 9.17) is 0 Å². The van der Waals surface area contributed by atoms with Crippen molar-refractivity contribution in [3.8, 4) is 0 Å². The molecule has 1 aromatic rings. The van der Waals surface area contributed by atoms with E-state index in [0.717, 1.165) is 11.8 Å². The van der Waals surface area contributed by atoms with Gasteiger partial charge in [0.1, 0.15) is 0 Å². The lowest BCUT2D eigenvalue weighted by Crippen LogP contribution is -2.04. The summed E-state index contributed by atoms with van der Waals surface area (Å²) >= 11 is 0. The average molecular weight is 354 g/mol. The minimum atomic E-state index is 0. The molecular formula is C23H45O2. The van der Waals surface area contributed by atoms with E-state index in [0.29, 0.717) is 0 Å². The number of benzene rings is 1. The Bertz CT molecular complexity index is 378. The second kappa shape index (κ2) is 16.6. The third-order valence-electron chi connectivity index (χ3n) is 5.30. The Hall–Kier alpha value is -0.860. The Morgan fingerprint density at radius 1 is 0.680 bits per heavy atom. The van der Waals surface area contributed by atoms with Gasteiger partial charge in [0, 0.05) is 1.43 Å². The maximum Gasteiger partial charge on any atom is 0 e. The van der Waals surface area contributed by atoms with Gasteiger partial charge in [-0.25, -0.2) is 0 Å². The standard InChI is InChI=1S/C13H18.C8H16.C2H6.2H2O.H/c1-11-7-9-13(10-8-11)12-5-3-2-4-6-12;1-8-6-4-2-3-5-7-8;1-2;;;/h7-10,12H,2-6H2,1H3;8H,2-7H2,1H3;1-2H3;2*1H2;. The summed E-state index contributed by atoms with van der Waals surface area (Å²) in [6.45, 7) is 8.54. The van der Waals surface area contributed by atoms with Gasteiger partial charge in [0.05, 0.1) is 0 Å². The highest BCUT2D eigenvalue weighted by atomic mass is 16.0. The highest BCUT2D eigenvalue weighted by Crippen LogP contribution is 2.32. The average Bonchev–Trinajstić information content (AvgIpc) is 2.86. The molecule has 0 aliphatic heterocycles. The molecule has 25 heavy (non-hydrogen) atoms. The Labute approximate surface area is 158 Å².